The van der Waals surface area contributed by atoms with Crippen LogP contribution in [0.3, 0.4) is 0 Å². The zero-order chi connectivity index (χ0) is 14.3. The molecule has 0 radical (unpaired) electrons. The molecule has 0 heterocycles. The summed E-state index contributed by atoms with van der Waals surface area (Å²) in [7, 11) is 0. The molecular weight excluding hydrogens is 271 g/mol. The van der Waals surface area contributed by atoms with E-state index < -0.39 is 17.9 Å². The fourth-order valence-corrected chi connectivity index (χ4v) is 2.14. The number of carboxylic acid groups (broad SMARTS) is 2. The van der Waals surface area contributed by atoms with Gasteiger partial charge in [-0.1, -0.05) is 47.0 Å². The Hall–Kier alpha value is 0.576. The summed E-state index contributed by atoms with van der Waals surface area (Å²) in [5.41, 5.74) is -0.0586. The normalized spacial score (nSPS) is 12.9. The van der Waals surface area contributed by atoms with Gasteiger partial charge in [0.15, 0.2) is 5.92 Å². The molecule has 0 aromatic carbocycles. The van der Waals surface area contributed by atoms with Gasteiger partial charge in [-0.2, -0.15) is 0 Å². The average molecular weight is 298 g/mol. The Labute approximate surface area is 158 Å². The molecule has 0 aromatic rings. The number of unbranched alkanes of at least 4 members (excludes halogenated alkanes) is 2. The molecule has 0 aliphatic rings. The summed E-state index contributed by atoms with van der Waals surface area (Å²) in [6, 6.07) is 0. The summed E-state index contributed by atoms with van der Waals surface area (Å²) in [5, 5.41) is 17.9. The second kappa shape index (κ2) is 10.3. The second-order valence-electron chi connectivity index (χ2n) is 6.02. The van der Waals surface area contributed by atoms with Gasteiger partial charge < -0.3 is 10.2 Å². The van der Waals surface area contributed by atoms with E-state index in [0.717, 1.165) is 25.7 Å². The van der Waals surface area contributed by atoms with Crippen LogP contribution < -0.4 is 0 Å². The van der Waals surface area contributed by atoms with Gasteiger partial charge in [0.05, 0.1) is 0 Å². The summed E-state index contributed by atoms with van der Waals surface area (Å²) in [5.74, 6) is -3.61. The number of aliphatic carboxylic acids is 2. The van der Waals surface area contributed by atoms with E-state index in [1.54, 1.807) is 0 Å². The van der Waals surface area contributed by atoms with Crippen molar-refractivity contribution in [1.29, 1.82) is 0 Å². The van der Waals surface area contributed by atoms with E-state index in [1.807, 2.05) is 20.8 Å². The first-order valence-electron chi connectivity index (χ1n) is 6.65. The molecule has 4 nitrogen and oxygen atoms in total. The number of carboxylic acids is 2. The maximum absolute atomic E-state index is 11.0. The van der Waals surface area contributed by atoms with Crippen LogP contribution in [0.5, 0.6) is 0 Å². The number of carbonyl (C=O) groups is 2. The molecule has 0 rings (SSSR count). The van der Waals surface area contributed by atoms with Gasteiger partial charge >= 0.3 is 63.3 Å². The van der Waals surface area contributed by atoms with Crippen molar-refractivity contribution in [2.24, 2.45) is 17.3 Å². The molecule has 1 unspecified atom stereocenters. The summed E-state index contributed by atoms with van der Waals surface area (Å²) in [6.45, 7) is 8.25. The molecule has 108 valence electrons. The molecule has 0 spiro atoms. The van der Waals surface area contributed by atoms with E-state index in [-0.39, 0.29) is 69.1 Å². The van der Waals surface area contributed by atoms with Gasteiger partial charge in [0.2, 0.25) is 0 Å². The zero-order valence-corrected chi connectivity index (χ0v) is 11.9. The van der Waals surface area contributed by atoms with E-state index in [9.17, 15) is 9.59 Å². The van der Waals surface area contributed by atoms with Crippen molar-refractivity contribution in [1.82, 2.24) is 0 Å². The monoisotopic (exact) mass is 298 g/mol. The zero-order valence-electron chi connectivity index (χ0n) is 11.9. The molecule has 0 amide bonds. The Morgan fingerprint density at radius 2 is 1.53 bits per heavy atom. The molecule has 19 heavy (non-hydrogen) atoms. The van der Waals surface area contributed by atoms with E-state index in [0.29, 0.717) is 0 Å². The molecule has 0 aromatic heterocycles. The van der Waals surface area contributed by atoms with Crippen LogP contribution in [0.1, 0.15) is 59.8 Å². The number of rotatable bonds is 8. The Balaban J connectivity index is 0. The molecule has 0 saturated carbocycles. The van der Waals surface area contributed by atoms with Crippen LogP contribution in [0.2, 0.25) is 0 Å². The van der Waals surface area contributed by atoms with Gasteiger partial charge in [-0.25, -0.2) is 0 Å². The first-order chi connectivity index (χ1) is 8.20. The molecule has 0 aliphatic heterocycles. The van der Waals surface area contributed by atoms with Crippen molar-refractivity contribution >= 4 is 63.3 Å². The van der Waals surface area contributed by atoms with Crippen LogP contribution in [0.15, 0.2) is 0 Å². The van der Waals surface area contributed by atoms with Crippen molar-refractivity contribution in [3.05, 3.63) is 0 Å². The average Bonchev–Trinajstić information content (AvgIpc) is 2.20. The van der Waals surface area contributed by atoms with Gasteiger partial charge in [-0.15, -0.1) is 0 Å². The third-order valence-corrected chi connectivity index (χ3v) is 3.50. The number of hydrogen-bond acceptors (Lipinski definition) is 2. The Kier molecular flexibility index (Phi) is 11.9. The van der Waals surface area contributed by atoms with Crippen molar-refractivity contribution in [2.75, 3.05) is 0 Å². The van der Waals surface area contributed by atoms with Gasteiger partial charge in [0.1, 0.15) is 0 Å². The molecule has 0 aliphatic carbocycles. The van der Waals surface area contributed by atoms with Crippen molar-refractivity contribution < 1.29 is 19.8 Å². The Morgan fingerprint density at radius 1 is 1.05 bits per heavy atom. The number of hydrogen-bond donors (Lipinski definition) is 2. The van der Waals surface area contributed by atoms with Crippen molar-refractivity contribution in [3.8, 4) is 0 Å². The Morgan fingerprint density at radius 3 is 1.84 bits per heavy atom. The molecule has 5 heteroatoms. The van der Waals surface area contributed by atoms with Crippen LogP contribution in [0.4, 0.5) is 0 Å². The topological polar surface area (TPSA) is 74.6 Å². The van der Waals surface area contributed by atoms with Crippen LogP contribution >= 0.6 is 0 Å². The summed E-state index contributed by atoms with van der Waals surface area (Å²) in [6.07, 6.45) is 4.37. The SMILES string of the molecule is CCCCCC(CC(C(=O)O)C(=O)O)C(C)(C)C.[KH]. The third-order valence-electron chi connectivity index (χ3n) is 3.50. The first kappa shape index (κ1) is 21.9. The van der Waals surface area contributed by atoms with Gasteiger partial charge in [-0.3, -0.25) is 9.59 Å². The molecule has 0 fully saturated rings. The molecule has 0 saturated heterocycles. The van der Waals surface area contributed by atoms with E-state index in [4.69, 9.17) is 10.2 Å². The van der Waals surface area contributed by atoms with Crippen LogP contribution in [-0.2, 0) is 9.59 Å². The maximum atomic E-state index is 11.0. The van der Waals surface area contributed by atoms with Crippen LogP contribution in [0.25, 0.3) is 0 Å². The summed E-state index contributed by atoms with van der Waals surface area (Å²) < 4.78 is 0. The molecular formula is C14H27KO4. The van der Waals surface area contributed by atoms with E-state index >= 15 is 0 Å². The minimum atomic E-state index is -1.28. The fourth-order valence-electron chi connectivity index (χ4n) is 2.14. The van der Waals surface area contributed by atoms with Gasteiger partial charge in [0, 0.05) is 0 Å². The van der Waals surface area contributed by atoms with Crippen LogP contribution in [0, 0.1) is 17.3 Å². The predicted molar refractivity (Wildman–Crippen MR) is 77.6 cm³/mol. The quantitative estimate of drug-likeness (QED) is 0.410. The Bertz CT molecular complexity index is 270. The van der Waals surface area contributed by atoms with Crippen molar-refractivity contribution in [3.63, 3.8) is 0 Å². The summed E-state index contributed by atoms with van der Waals surface area (Å²) in [4.78, 5) is 21.9. The molecule has 1 atom stereocenters. The van der Waals surface area contributed by atoms with Gasteiger partial charge in [0.25, 0.3) is 0 Å². The standard InChI is InChI=1S/C14H26O4.K.H/c1-5-6-7-8-10(14(2,3)4)9-11(12(15)16)13(17)18;;/h10-11H,5-9H2,1-4H3,(H,15,16)(H,17,18);;. The van der Waals surface area contributed by atoms with E-state index in [1.165, 1.54) is 0 Å². The minimum absolute atomic E-state index is 0. The van der Waals surface area contributed by atoms with Crippen molar-refractivity contribution in [2.45, 2.75) is 59.8 Å². The molecule has 2 N–H and O–H groups in total. The first-order valence-corrected chi connectivity index (χ1v) is 6.65. The predicted octanol–water partition coefficient (Wildman–Crippen LogP) is 2.76. The summed E-state index contributed by atoms with van der Waals surface area (Å²) >= 11 is 0. The van der Waals surface area contributed by atoms with Crippen LogP contribution in [-0.4, -0.2) is 73.5 Å². The second-order valence-corrected chi connectivity index (χ2v) is 6.02. The van der Waals surface area contributed by atoms with E-state index in [2.05, 4.69) is 6.92 Å². The fraction of sp³-hybridized carbons (Fsp3) is 0.857. The molecule has 0 bridgehead atoms. The third kappa shape index (κ3) is 9.18. The van der Waals surface area contributed by atoms with Gasteiger partial charge in [-0.05, 0) is 24.2 Å².